The van der Waals surface area contributed by atoms with Crippen molar-refractivity contribution >= 4 is 33.3 Å². The van der Waals surface area contributed by atoms with E-state index in [1.54, 1.807) is 6.92 Å². The quantitative estimate of drug-likeness (QED) is 0.877. The number of carboxylic acids is 1. The lowest BCUT2D eigenvalue weighted by atomic mass is 10.2. The summed E-state index contributed by atoms with van der Waals surface area (Å²) in [6, 6.07) is 1.34. The highest BCUT2D eigenvalue weighted by molar-refractivity contribution is 7.92. The minimum atomic E-state index is -4.16. The number of aromatic carboxylic acids is 1. The van der Waals surface area contributed by atoms with Crippen LogP contribution in [0.5, 0.6) is 0 Å². The van der Waals surface area contributed by atoms with Crippen molar-refractivity contribution in [1.29, 1.82) is 0 Å². The Morgan fingerprint density at radius 3 is 2.43 bits per heavy atom. The molecule has 0 radical (unpaired) electrons. The van der Waals surface area contributed by atoms with Gasteiger partial charge in [-0.2, -0.15) is 0 Å². The second kappa shape index (κ2) is 6.40. The molecule has 1 aromatic carbocycles. The molecule has 0 fully saturated rings. The molecular weight excluding hydrogens is 325 g/mol. The van der Waals surface area contributed by atoms with E-state index >= 15 is 0 Å². The summed E-state index contributed by atoms with van der Waals surface area (Å²) in [7, 11) is -2.74. The van der Waals surface area contributed by atoms with Crippen LogP contribution in [-0.2, 0) is 14.6 Å². The van der Waals surface area contributed by atoms with E-state index in [4.69, 9.17) is 16.7 Å². The van der Waals surface area contributed by atoms with Crippen LogP contribution in [0.1, 0.15) is 17.3 Å². The summed E-state index contributed by atoms with van der Waals surface area (Å²) in [5, 5.41) is 8.19. The van der Waals surface area contributed by atoms with Gasteiger partial charge in [-0.25, -0.2) is 17.6 Å². The molecule has 0 bridgehead atoms. The van der Waals surface area contributed by atoms with Crippen LogP contribution in [-0.4, -0.2) is 49.6 Å². The molecule has 9 heteroatoms. The number of carbonyl (C=O) groups is 2. The van der Waals surface area contributed by atoms with Gasteiger partial charge in [0, 0.05) is 13.6 Å². The molecule has 1 rings (SSSR count). The predicted molar refractivity (Wildman–Crippen MR) is 73.7 cm³/mol. The Bertz CT molecular complexity index is 689. The smallest absolute Gasteiger partial charge is 0.337 e. The van der Waals surface area contributed by atoms with Gasteiger partial charge >= 0.3 is 5.97 Å². The number of carbonyl (C=O) groups excluding carboxylic acids is 1. The average molecular weight is 338 g/mol. The minimum Gasteiger partial charge on any atom is -0.478 e. The number of sulfone groups is 1. The number of halogens is 2. The lowest BCUT2D eigenvalue weighted by Crippen LogP contribution is -2.32. The van der Waals surface area contributed by atoms with Crippen molar-refractivity contribution in [3.63, 3.8) is 0 Å². The van der Waals surface area contributed by atoms with E-state index in [2.05, 4.69) is 0 Å². The molecule has 6 nitrogen and oxygen atoms in total. The highest BCUT2D eigenvalue weighted by Gasteiger charge is 2.25. The maximum absolute atomic E-state index is 13.5. The fourth-order valence-electron chi connectivity index (χ4n) is 1.43. The van der Waals surface area contributed by atoms with Gasteiger partial charge in [0.1, 0.15) is 11.6 Å². The van der Waals surface area contributed by atoms with E-state index in [1.807, 2.05) is 0 Å². The monoisotopic (exact) mass is 337 g/mol. The standard InChI is InChI=1S/C12H13ClFNO5S/c1-3-15(2)10(16)6-21(19,20)7-4-8(12(17)18)11(13)9(14)5-7/h4-5H,3,6H2,1-2H3,(H,17,18). The van der Waals surface area contributed by atoms with Crippen molar-refractivity contribution in [3.05, 3.63) is 28.5 Å². The first-order valence-electron chi connectivity index (χ1n) is 5.79. The van der Waals surface area contributed by atoms with Gasteiger partial charge in [0.15, 0.2) is 9.84 Å². The van der Waals surface area contributed by atoms with Crippen LogP contribution >= 0.6 is 11.6 Å². The fourth-order valence-corrected chi connectivity index (χ4v) is 2.91. The summed E-state index contributed by atoms with van der Waals surface area (Å²) in [6.45, 7) is 1.97. The lowest BCUT2D eigenvalue weighted by molar-refractivity contribution is -0.126. The maximum Gasteiger partial charge on any atom is 0.337 e. The minimum absolute atomic E-state index is 0.309. The van der Waals surface area contributed by atoms with E-state index in [0.29, 0.717) is 12.6 Å². The average Bonchev–Trinajstić information content (AvgIpc) is 2.39. The molecule has 0 aliphatic rings. The summed E-state index contributed by atoms with van der Waals surface area (Å²) in [6.07, 6.45) is 0. The second-order valence-electron chi connectivity index (χ2n) is 4.24. The number of benzene rings is 1. The molecule has 0 saturated carbocycles. The van der Waals surface area contributed by atoms with E-state index in [0.717, 1.165) is 6.07 Å². The second-order valence-corrected chi connectivity index (χ2v) is 6.61. The fraction of sp³-hybridized carbons (Fsp3) is 0.333. The van der Waals surface area contributed by atoms with Gasteiger partial charge in [-0.15, -0.1) is 0 Å². The van der Waals surface area contributed by atoms with E-state index in [-0.39, 0.29) is 0 Å². The molecule has 1 amide bonds. The van der Waals surface area contributed by atoms with Crippen LogP contribution in [0.25, 0.3) is 0 Å². The van der Waals surface area contributed by atoms with E-state index in [9.17, 15) is 22.4 Å². The first kappa shape index (κ1) is 17.4. The Morgan fingerprint density at radius 1 is 1.38 bits per heavy atom. The summed E-state index contributed by atoms with van der Waals surface area (Å²) in [5.74, 6) is -4.29. The first-order valence-corrected chi connectivity index (χ1v) is 7.82. The third kappa shape index (κ3) is 3.92. The number of rotatable bonds is 5. The molecule has 0 aliphatic carbocycles. The molecule has 0 unspecified atom stereocenters. The molecular formula is C12H13ClFNO5S. The Hall–Kier alpha value is -1.67. The van der Waals surface area contributed by atoms with Crippen LogP contribution in [0, 0.1) is 5.82 Å². The van der Waals surface area contributed by atoms with E-state index in [1.165, 1.54) is 11.9 Å². The SMILES string of the molecule is CCN(C)C(=O)CS(=O)(=O)c1cc(F)c(Cl)c(C(=O)O)c1. The van der Waals surface area contributed by atoms with Gasteiger partial charge in [-0.1, -0.05) is 11.6 Å². The zero-order valence-electron chi connectivity index (χ0n) is 11.3. The molecule has 116 valence electrons. The lowest BCUT2D eigenvalue weighted by Gasteiger charge is -2.14. The van der Waals surface area contributed by atoms with E-state index < -0.39 is 48.8 Å². The Kier molecular flexibility index (Phi) is 5.30. The van der Waals surface area contributed by atoms with Crippen LogP contribution in [0.2, 0.25) is 5.02 Å². The van der Waals surface area contributed by atoms with Crippen molar-refractivity contribution in [2.75, 3.05) is 19.3 Å². The Balaban J connectivity index is 3.27. The largest absolute Gasteiger partial charge is 0.478 e. The highest BCUT2D eigenvalue weighted by Crippen LogP contribution is 2.25. The molecule has 21 heavy (non-hydrogen) atoms. The predicted octanol–water partition coefficient (Wildman–Crippen LogP) is 1.43. The van der Waals surface area contributed by atoms with Crippen molar-refractivity contribution in [3.8, 4) is 0 Å². The normalized spacial score (nSPS) is 11.2. The summed E-state index contributed by atoms with van der Waals surface area (Å²) < 4.78 is 37.6. The number of amides is 1. The van der Waals surface area contributed by atoms with Gasteiger partial charge < -0.3 is 10.0 Å². The molecule has 0 aliphatic heterocycles. The summed E-state index contributed by atoms with van der Waals surface area (Å²) >= 11 is 5.46. The summed E-state index contributed by atoms with van der Waals surface area (Å²) in [4.78, 5) is 23.1. The number of nitrogens with zero attached hydrogens (tertiary/aromatic N) is 1. The highest BCUT2D eigenvalue weighted by atomic mass is 35.5. The van der Waals surface area contributed by atoms with Crippen LogP contribution in [0.3, 0.4) is 0 Å². The van der Waals surface area contributed by atoms with Crippen LogP contribution in [0.4, 0.5) is 4.39 Å². The first-order chi connectivity index (χ1) is 9.60. The van der Waals surface area contributed by atoms with Gasteiger partial charge in [0.25, 0.3) is 0 Å². The van der Waals surface area contributed by atoms with Crippen molar-refractivity contribution in [2.45, 2.75) is 11.8 Å². The van der Waals surface area contributed by atoms with Crippen LogP contribution < -0.4 is 0 Å². The summed E-state index contributed by atoms with van der Waals surface area (Å²) in [5.41, 5.74) is -0.675. The Labute approximate surface area is 126 Å². The Morgan fingerprint density at radius 2 is 1.95 bits per heavy atom. The topological polar surface area (TPSA) is 91.8 Å². The molecule has 1 aromatic rings. The molecule has 1 N–H and O–H groups in total. The molecule has 0 saturated heterocycles. The van der Waals surface area contributed by atoms with Crippen LogP contribution in [0.15, 0.2) is 17.0 Å². The van der Waals surface area contributed by atoms with Gasteiger partial charge in [0.05, 0.1) is 15.5 Å². The molecule has 0 aromatic heterocycles. The zero-order chi connectivity index (χ0) is 16.4. The number of hydrogen-bond donors (Lipinski definition) is 1. The molecule has 0 spiro atoms. The van der Waals surface area contributed by atoms with Crippen molar-refractivity contribution in [1.82, 2.24) is 4.90 Å². The maximum atomic E-state index is 13.5. The van der Waals surface area contributed by atoms with Gasteiger partial charge in [0.2, 0.25) is 5.91 Å². The third-order valence-corrected chi connectivity index (χ3v) is 4.77. The van der Waals surface area contributed by atoms with Crippen molar-refractivity contribution in [2.24, 2.45) is 0 Å². The van der Waals surface area contributed by atoms with Gasteiger partial charge in [-0.3, -0.25) is 4.79 Å². The van der Waals surface area contributed by atoms with Crippen molar-refractivity contribution < 1.29 is 27.5 Å². The van der Waals surface area contributed by atoms with Gasteiger partial charge in [-0.05, 0) is 19.1 Å². The number of carboxylic acid groups (broad SMARTS) is 1. The molecule has 0 heterocycles. The third-order valence-electron chi connectivity index (χ3n) is 2.80. The zero-order valence-corrected chi connectivity index (χ0v) is 12.8. The number of hydrogen-bond acceptors (Lipinski definition) is 4. The molecule has 0 atom stereocenters.